The Kier molecular flexibility index (Phi) is 3.14. The minimum absolute atomic E-state index is 0.0257. The third-order valence-electron chi connectivity index (χ3n) is 3.10. The number of halogens is 1. The third-order valence-corrected chi connectivity index (χ3v) is 3.32. The molecule has 0 radical (unpaired) electrons. The Morgan fingerprint density at radius 1 is 1.42 bits per heavy atom. The molecule has 1 aromatic carbocycles. The van der Waals surface area contributed by atoms with Crippen LogP contribution in [0.4, 0.5) is 10.1 Å². The topological polar surface area (TPSA) is 63.4 Å². The quantitative estimate of drug-likeness (QED) is 0.662. The van der Waals surface area contributed by atoms with Crippen LogP contribution in [0, 0.1) is 11.2 Å². The van der Waals surface area contributed by atoms with Crippen molar-refractivity contribution >= 4 is 34.7 Å². The number of thiocarbonyl (C=S) groups is 1. The zero-order valence-corrected chi connectivity index (χ0v) is 11.4. The summed E-state index contributed by atoms with van der Waals surface area (Å²) in [7, 11) is 0. The van der Waals surface area contributed by atoms with Gasteiger partial charge >= 0.3 is 0 Å². The Morgan fingerprint density at radius 3 is 2.53 bits per heavy atom. The minimum atomic E-state index is -0.741. The molecule has 1 saturated heterocycles. The second-order valence-electron chi connectivity index (χ2n) is 5.12. The Hall–Kier alpha value is -1.82. The average Bonchev–Trinajstić information content (AvgIpc) is 2.49. The molecule has 0 bridgehead atoms. The van der Waals surface area contributed by atoms with Crippen LogP contribution in [0.3, 0.4) is 0 Å². The molecule has 1 fully saturated rings. The summed E-state index contributed by atoms with van der Waals surface area (Å²) in [4.78, 5) is 25.0. The number of hydrogen-bond acceptors (Lipinski definition) is 3. The van der Waals surface area contributed by atoms with E-state index in [1.165, 1.54) is 12.1 Å². The third kappa shape index (κ3) is 2.23. The molecule has 2 rings (SSSR count). The summed E-state index contributed by atoms with van der Waals surface area (Å²) >= 11 is 4.74. The van der Waals surface area contributed by atoms with Crippen LogP contribution in [0.5, 0.6) is 0 Å². The maximum Gasteiger partial charge on any atom is 0.239 e. The summed E-state index contributed by atoms with van der Waals surface area (Å²) in [5.41, 5.74) is 4.99. The first-order valence-corrected chi connectivity index (χ1v) is 6.11. The monoisotopic (exact) mass is 280 g/mol. The van der Waals surface area contributed by atoms with Gasteiger partial charge in [-0.2, -0.15) is 0 Å². The number of anilines is 1. The lowest BCUT2D eigenvalue weighted by Crippen LogP contribution is -2.33. The van der Waals surface area contributed by atoms with Gasteiger partial charge in [0.2, 0.25) is 11.8 Å². The maximum absolute atomic E-state index is 13.5. The minimum Gasteiger partial charge on any atom is -0.389 e. The normalized spacial score (nSPS) is 17.9. The smallest absolute Gasteiger partial charge is 0.239 e. The Balaban J connectivity index is 2.49. The van der Waals surface area contributed by atoms with Gasteiger partial charge in [0, 0.05) is 12.0 Å². The predicted octanol–water partition coefficient (Wildman–Crippen LogP) is 1.75. The van der Waals surface area contributed by atoms with E-state index in [0.29, 0.717) is 5.69 Å². The first-order chi connectivity index (χ1) is 8.74. The highest BCUT2D eigenvalue weighted by atomic mass is 32.1. The number of imide groups is 1. The van der Waals surface area contributed by atoms with Crippen molar-refractivity contribution in [3.63, 3.8) is 0 Å². The Morgan fingerprint density at radius 2 is 2.05 bits per heavy atom. The van der Waals surface area contributed by atoms with Crippen molar-refractivity contribution in [3.05, 3.63) is 29.6 Å². The molecule has 2 amide bonds. The maximum atomic E-state index is 13.5. The van der Waals surface area contributed by atoms with E-state index in [9.17, 15) is 14.0 Å². The molecule has 0 unspecified atom stereocenters. The van der Waals surface area contributed by atoms with Gasteiger partial charge in [0.25, 0.3) is 0 Å². The highest BCUT2D eigenvalue weighted by molar-refractivity contribution is 7.80. The summed E-state index contributed by atoms with van der Waals surface area (Å²) in [5, 5.41) is 0. The summed E-state index contributed by atoms with van der Waals surface area (Å²) < 4.78 is 13.5. The van der Waals surface area contributed by atoms with Gasteiger partial charge in [-0.3, -0.25) is 14.5 Å². The molecule has 100 valence electrons. The van der Waals surface area contributed by atoms with Gasteiger partial charge in [-0.05, 0) is 18.2 Å². The highest BCUT2D eigenvalue weighted by Crippen LogP contribution is 2.35. The number of nitrogens with two attached hydrogens (primary N) is 1. The number of carbonyl (C=O) groups excluding carboxylic acids is 2. The molecule has 0 saturated carbocycles. The van der Waals surface area contributed by atoms with Crippen LogP contribution in [0.1, 0.15) is 25.8 Å². The fraction of sp³-hybridized carbons (Fsp3) is 0.308. The first-order valence-electron chi connectivity index (χ1n) is 5.71. The van der Waals surface area contributed by atoms with Gasteiger partial charge in [-0.1, -0.05) is 26.1 Å². The number of rotatable bonds is 2. The second kappa shape index (κ2) is 4.38. The van der Waals surface area contributed by atoms with Crippen LogP contribution in [0.25, 0.3) is 0 Å². The molecule has 1 aliphatic rings. The van der Waals surface area contributed by atoms with E-state index in [1.807, 2.05) is 0 Å². The molecular formula is C13H13FN2O2S. The van der Waals surface area contributed by atoms with E-state index in [-0.39, 0.29) is 28.8 Å². The molecule has 1 heterocycles. The average molecular weight is 280 g/mol. The summed E-state index contributed by atoms with van der Waals surface area (Å²) in [6.45, 7) is 3.40. The molecule has 0 aromatic heterocycles. The van der Waals surface area contributed by atoms with Crippen molar-refractivity contribution in [2.24, 2.45) is 11.1 Å². The van der Waals surface area contributed by atoms with Crippen molar-refractivity contribution < 1.29 is 14.0 Å². The number of hydrogen-bond donors (Lipinski definition) is 1. The summed E-state index contributed by atoms with van der Waals surface area (Å²) in [6.07, 6.45) is 0.131. The molecule has 1 aromatic rings. The first kappa shape index (κ1) is 13.6. The molecule has 0 spiro atoms. The van der Waals surface area contributed by atoms with Gasteiger partial charge in [0.1, 0.15) is 10.8 Å². The number of nitrogens with zero attached hydrogens (tertiary/aromatic N) is 1. The number of carbonyl (C=O) groups is 2. The number of benzene rings is 1. The fourth-order valence-corrected chi connectivity index (χ4v) is 2.21. The van der Waals surface area contributed by atoms with Crippen LogP contribution in [-0.2, 0) is 9.59 Å². The largest absolute Gasteiger partial charge is 0.389 e. The van der Waals surface area contributed by atoms with Crippen molar-refractivity contribution in [2.75, 3.05) is 4.90 Å². The lowest BCUT2D eigenvalue weighted by Gasteiger charge is -2.18. The van der Waals surface area contributed by atoms with Gasteiger partial charge in [-0.15, -0.1) is 0 Å². The Bertz CT molecular complexity index is 598. The lowest BCUT2D eigenvalue weighted by atomic mass is 9.92. The van der Waals surface area contributed by atoms with Crippen LogP contribution < -0.4 is 10.6 Å². The summed E-state index contributed by atoms with van der Waals surface area (Å²) in [5.74, 6) is -1.19. The molecule has 19 heavy (non-hydrogen) atoms. The van der Waals surface area contributed by atoms with Crippen LogP contribution in [0.15, 0.2) is 18.2 Å². The number of amides is 2. The molecule has 6 heteroatoms. The molecular weight excluding hydrogens is 267 g/mol. The van der Waals surface area contributed by atoms with E-state index in [4.69, 9.17) is 18.0 Å². The van der Waals surface area contributed by atoms with E-state index in [0.717, 1.165) is 11.0 Å². The van der Waals surface area contributed by atoms with Crippen LogP contribution in [-0.4, -0.2) is 16.8 Å². The molecule has 0 aliphatic carbocycles. The van der Waals surface area contributed by atoms with Gasteiger partial charge in [-0.25, -0.2) is 4.39 Å². The van der Waals surface area contributed by atoms with Crippen LogP contribution >= 0.6 is 12.2 Å². The van der Waals surface area contributed by atoms with Gasteiger partial charge < -0.3 is 5.73 Å². The summed E-state index contributed by atoms with van der Waals surface area (Å²) in [6, 6.07) is 3.85. The fourth-order valence-electron chi connectivity index (χ4n) is 2.05. The zero-order valence-electron chi connectivity index (χ0n) is 10.6. The van der Waals surface area contributed by atoms with Gasteiger partial charge in [0.15, 0.2) is 0 Å². The van der Waals surface area contributed by atoms with Crippen molar-refractivity contribution in [2.45, 2.75) is 20.3 Å². The SMILES string of the molecule is CC1(C)CC(=O)N(c2ccc(F)c(C(N)=S)c2)C1=O. The Labute approximate surface area is 115 Å². The van der Waals surface area contributed by atoms with Crippen molar-refractivity contribution in [1.82, 2.24) is 0 Å². The predicted molar refractivity (Wildman–Crippen MR) is 73.2 cm³/mol. The molecule has 0 atom stereocenters. The molecule has 2 N–H and O–H groups in total. The van der Waals surface area contributed by atoms with E-state index in [2.05, 4.69) is 0 Å². The zero-order chi connectivity index (χ0) is 14.4. The van der Waals surface area contributed by atoms with E-state index in [1.54, 1.807) is 13.8 Å². The van der Waals surface area contributed by atoms with Gasteiger partial charge in [0.05, 0.1) is 11.1 Å². The van der Waals surface area contributed by atoms with E-state index >= 15 is 0 Å². The molecule has 4 nitrogen and oxygen atoms in total. The highest BCUT2D eigenvalue weighted by Gasteiger charge is 2.45. The van der Waals surface area contributed by atoms with Crippen LogP contribution in [0.2, 0.25) is 0 Å². The van der Waals surface area contributed by atoms with Crippen molar-refractivity contribution in [3.8, 4) is 0 Å². The van der Waals surface area contributed by atoms with Crippen molar-refractivity contribution in [1.29, 1.82) is 0 Å². The molecule has 1 aliphatic heterocycles. The standard InChI is InChI=1S/C13H13FN2O2S/c1-13(2)6-10(17)16(12(13)18)7-3-4-9(14)8(5-7)11(15)19/h3-5H,6H2,1-2H3,(H2,15,19). The second-order valence-corrected chi connectivity index (χ2v) is 5.56. The van der Waals surface area contributed by atoms with E-state index < -0.39 is 11.2 Å². The lowest BCUT2D eigenvalue weighted by molar-refractivity contribution is -0.124.